The van der Waals surface area contributed by atoms with E-state index in [0.29, 0.717) is 6.42 Å². The molecule has 1 saturated heterocycles. The number of nitrogen functional groups attached to an aromatic ring is 1. The number of aliphatic hydroxyl groups excluding tert-OH is 1. The van der Waals surface area contributed by atoms with Gasteiger partial charge in [-0.25, -0.2) is 4.98 Å². The molecular weight excluding hydrogens is 350 g/mol. The fourth-order valence-corrected chi connectivity index (χ4v) is 3.40. The van der Waals surface area contributed by atoms with Crippen LogP contribution in [0.1, 0.15) is 54.2 Å². The number of imidazole rings is 1. The van der Waals surface area contributed by atoms with E-state index in [0.717, 1.165) is 0 Å². The van der Waals surface area contributed by atoms with Gasteiger partial charge in [-0.15, -0.1) is 0 Å². The second-order valence-electron chi connectivity index (χ2n) is 9.29. The van der Waals surface area contributed by atoms with Crippen molar-refractivity contribution in [3.63, 3.8) is 0 Å². The smallest absolute Gasteiger partial charge is 0.280 e. The van der Waals surface area contributed by atoms with Crippen LogP contribution in [0.15, 0.2) is 11.1 Å². The van der Waals surface area contributed by atoms with Gasteiger partial charge in [0.1, 0.15) is 12.2 Å². The molecule has 3 heterocycles. The van der Waals surface area contributed by atoms with E-state index in [-0.39, 0.29) is 28.6 Å². The number of aromatic nitrogens is 4. The lowest BCUT2D eigenvalue weighted by Crippen LogP contribution is -2.41. The Kier molecular flexibility index (Phi) is 4.82. The fraction of sp³-hybridized carbons (Fsp3) is 0.722. The molecule has 0 bridgehead atoms. The van der Waals surface area contributed by atoms with Crippen LogP contribution in [0.2, 0.25) is 0 Å². The number of aliphatic hydroxyl groups is 1. The molecule has 0 aromatic carbocycles. The summed E-state index contributed by atoms with van der Waals surface area (Å²) in [6.07, 6.45) is -0.426. The maximum absolute atomic E-state index is 12.0. The summed E-state index contributed by atoms with van der Waals surface area (Å²) in [7, 11) is 0. The van der Waals surface area contributed by atoms with Crippen LogP contribution in [0.5, 0.6) is 0 Å². The zero-order valence-corrected chi connectivity index (χ0v) is 16.7. The predicted molar refractivity (Wildman–Crippen MR) is 101 cm³/mol. The molecule has 4 atom stereocenters. The second-order valence-corrected chi connectivity index (χ2v) is 9.29. The molecule has 0 radical (unpaired) electrons. The summed E-state index contributed by atoms with van der Waals surface area (Å²) in [5.74, 6) is -0.0181. The highest BCUT2D eigenvalue weighted by Crippen LogP contribution is 2.39. The van der Waals surface area contributed by atoms with Gasteiger partial charge in [0.05, 0.1) is 18.0 Å². The number of nitrogens with zero attached hydrogens (tertiary/aromatic N) is 3. The third kappa shape index (κ3) is 4.15. The number of aromatic amines is 1. The number of hydrogen-bond acceptors (Lipinski definition) is 7. The lowest BCUT2D eigenvalue weighted by atomic mass is 9.87. The van der Waals surface area contributed by atoms with Crippen LogP contribution in [0.25, 0.3) is 11.2 Å². The molecule has 9 nitrogen and oxygen atoms in total. The van der Waals surface area contributed by atoms with Crippen LogP contribution < -0.4 is 11.3 Å². The number of nitrogens with two attached hydrogens (primary N) is 1. The lowest BCUT2D eigenvalue weighted by Gasteiger charge is -2.32. The maximum atomic E-state index is 12.0. The number of anilines is 1. The number of fused-ring (bicyclic) bond motifs is 1. The van der Waals surface area contributed by atoms with Gasteiger partial charge in [0, 0.05) is 0 Å². The molecule has 0 aliphatic carbocycles. The van der Waals surface area contributed by atoms with Gasteiger partial charge in [0.25, 0.3) is 5.56 Å². The van der Waals surface area contributed by atoms with Crippen LogP contribution in [0.3, 0.4) is 0 Å². The lowest BCUT2D eigenvalue weighted by molar-refractivity contribution is -0.117. The number of nitrogens with one attached hydrogen (secondary N) is 1. The van der Waals surface area contributed by atoms with Crippen molar-refractivity contribution in [3.05, 3.63) is 16.7 Å². The molecule has 4 N–H and O–H groups in total. The third-order valence-electron chi connectivity index (χ3n) is 4.34. The molecule has 2 aromatic rings. The normalized spacial score (nSPS) is 26.8. The van der Waals surface area contributed by atoms with Crippen molar-refractivity contribution in [1.82, 2.24) is 19.5 Å². The van der Waals surface area contributed by atoms with Crippen molar-refractivity contribution < 1.29 is 14.6 Å². The van der Waals surface area contributed by atoms with Crippen LogP contribution in [0.4, 0.5) is 5.95 Å². The molecule has 0 saturated carbocycles. The first-order valence-electron chi connectivity index (χ1n) is 9.09. The second kappa shape index (κ2) is 6.57. The molecule has 2 aromatic heterocycles. The summed E-state index contributed by atoms with van der Waals surface area (Å²) in [6.45, 7) is 12.1. The minimum atomic E-state index is -0.948. The summed E-state index contributed by atoms with van der Waals surface area (Å²) in [6, 6.07) is 0. The minimum Gasteiger partial charge on any atom is -0.386 e. The van der Waals surface area contributed by atoms with Crippen molar-refractivity contribution in [1.29, 1.82) is 0 Å². The van der Waals surface area contributed by atoms with Crippen molar-refractivity contribution in [3.8, 4) is 0 Å². The molecule has 3 rings (SSSR count). The average molecular weight is 379 g/mol. The SMILES string of the molecule is CC(C)(C)C[C@H]1O[C@@H](n2cnc3c(=O)[nH]c(N)nc32)C(O)C1OC(C)(C)C. The van der Waals surface area contributed by atoms with Crippen LogP contribution in [-0.2, 0) is 9.47 Å². The average Bonchev–Trinajstić information content (AvgIpc) is 3.00. The van der Waals surface area contributed by atoms with E-state index in [2.05, 4.69) is 35.7 Å². The summed E-state index contributed by atoms with van der Waals surface area (Å²) >= 11 is 0. The number of hydrogen-bond donors (Lipinski definition) is 3. The van der Waals surface area contributed by atoms with E-state index in [1.54, 1.807) is 4.57 Å². The monoisotopic (exact) mass is 379 g/mol. The highest BCUT2D eigenvalue weighted by Gasteiger charge is 2.48. The number of ether oxygens (including phenoxy) is 2. The van der Waals surface area contributed by atoms with Crippen molar-refractivity contribution in [2.45, 2.75) is 78.1 Å². The van der Waals surface area contributed by atoms with Crippen LogP contribution in [0, 0.1) is 5.41 Å². The summed E-state index contributed by atoms with van der Waals surface area (Å²) in [5.41, 5.74) is 5.19. The summed E-state index contributed by atoms with van der Waals surface area (Å²) in [5, 5.41) is 11.0. The van der Waals surface area contributed by atoms with Gasteiger partial charge < -0.3 is 20.3 Å². The Morgan fingerprint density at radius 1 is 1.33 bits per heavy atom. The molecule has 150 valence electrons. The molecule has 1 aliphatic heterocycles. The number of rotatable bonds is 3. The highest BCUT2D eigenvalue weighted by atomic mass is 16.6. The largest absolute Gasteiger partial charge is 0.386 e. The molecule has 1 aliphatic rings. The summed E-state index contributed by atoms with van der Waals surface area (Å²) < 4.78 is 13.9. The molecule has 9 heteroatoms. The van der Waals surface area contributed by atoms with Gasteiger partial charge in [-0.1, -0.05) is 20.8 Å². The third-order valence-corrected chi connectivity index (χ3v) is 4.34. The quantitative estimate of drug-likeness (QED) is 0.738. The molecule has 0 spiro atoms. The van der Waals surface area contributed by atoms with Gasteiger partial charge in [-0.3, -0.25) is 14.3 Å². The van der Waals surface area contributed by atoms with E-state index >= 15 is 0 Å². The molecule has 27 heavy (non-hydrogen) atoms. The van der Waals surface area contributed by atoms with Crippen molar-refractivity contribution >= 4 is 17.1 Å². The standard InChI is InChI=1S/C18H29N5O4/c1-17(2,3)7-9-12(27-18(4,5)6)11(24)15(26-9)23-8-20-10-13(23)21-16(19)22-14(10)25/h8-9,11-12,15,24H,7H2,1-6H3,(H3,19,21,22,25)/t9-,11?,12?,15-/m1/s1. The first kappa shape index (κ1) is 19.8. The Labute approximate surface area is 157 Å². The van der Waals surface area contributed by atoms with Crippen molar-refractivity contribution in [2.75, 3.05) is 5.73 Å². The van der Waals surface area contributed by atoms with Crippen LogP contribution >= 0.6 is 0 Å². The summed E-state index contributed by atoms with van der Waals surface area (Å²) in [4.78, 5) is 22.7. The maximum Gasteiger partial charge on any atom is 0.280 e. The van der Waals surface area contributed by atoms with E-state index in [1.165, 1.54) is 6.33 Å². The Bertz CT molecular complexity index is 876. The Morgan fingerprint density at radius 2 is 2.00 bits per heavy atom. The molecular formula is C18H29N5O4. The molecule has 0 amide bonds. The minimum absolute atomic E-state index is 0.0181. The fourth-order valence-electron chi connectivity index (χ4n) is 3.40. The first-order chi connectivity index (χ1) is 12.4. The Morgan fingerprint density at radius 3 is 2.59 bits per heavy atom. The zero-order valence-electron chi connectivity index (χ0n) is 16.7. The van der Waals surface area contributed by atoms with Gasteiger partial charge >= 0.3 is 0 Å². The van der Waals surface area contributed by atoms with E-state index < -0.39 is 29.6 Å². The Hall–Kier alpha value is -1.97. The molecule has 2 unspecified atom stereocenters. The Balaban J connectivity index is 2.00. The topological polar surface area (TPSA) is 128 Å². The van der Waals surface area contributed by atoms with Gasteiger partial charge in [0.2, 0.25) is 5.95 Å². The van der Waals surface area contributed by atoms with Crippen LogP contribution in [-0.4, -0.2) is 48.5 Å². The van der Waals surface area contributed by atoms with Gasteiger partial charge in [-0.2, -0.15) is 4.98 Å². The number of H-pyrrole nitrogens is 1. The predicted octanol–water partition coefficient (Wildman–Crippen LogP) is 1.58. The molecule has 1 fully saturated rings. The van der Waals surface area contributed by atoms with Gasteiger partial charge in [-0.05, 0) is 32.6 Å². The van der Waals surface area contributed by atoms with Gasteiger partial charge in [0.15, 0.2) is 17.4 Å². The van der Waals surface area contributed by atoms with E-state index in [1.807, 2.05) is 20.8 Å². The highest BCUT2D eigenvalue weighted by molar-refractivity contribution is 5.70. The van der Waals surface area contributed by atoms with E-state index in [4.69, 9.17) is 15.2 Å². The van der Waals surface area contributed by atoms with E-state index in [9.17, 15) is 9.90 Å². The first-order valence-corrected chi connectivity index (χ1v) is 9.09. The zero-order chi connectivity index (χ0) is 20.1. The van der Waals surface area contributed by atoms with Crippen molar-refractivity contribution in [2.24, 2.45) is 5.41 Å².